The van der Waals surface area contributed by atoms with Crippen molar-refractivity contribution in [3.8, 4) is 17.2 Å². The summed E-state index contributed by atoms with van der Waals surface area (Å²) in [7, 11) is 1.65. The Labute approximate surface area is 188 Å². The van der Waals surface area contributed by atoms with Crippen molar-refractivity contribution in [1.82, 2.24) is 19.5 Å². The van der Waals surface area contributed by atoms with Crippen molar-refractivity contribution in [2.45, 2.75) is 26.7 Å². The van der Waals surface area contributed by atoms with Crippen LogP contribution in [-0.4, -0.2) is 58.0 Å². The van der Waals surface area contributed by atoms with Crippen LogP contribution in [0.5, 0.6) is 11.5 Å². The first-order chi connectivity index (χ1) is 15.6. The summed E-state index contributed by atoms with van der Waals surface area (Å²) in [6.45, 7) is 6.49. The van der Waals surface area contributed by atoms with Gasteiger partial charge in [0.15, 0.2) is 11.6 Å². The van der Waals surface area contributed by atoms with E-state index in [1.54, 1.807) is 19.6 Å². The number of ether oxygens (including phenoxy) is 2. The summed E-state index contributed by atoms with van der Waals surface area (Å²) in [5, 5.41) is 12.6. The van der Waals surface area contributed by atoms with Crippen LogP contribution in [0.15, 0.2) is 36.9 Å². The fourth-order valence-electron chi connectivity index (χ4n) is 3.87. The van der Waals surface area contributed by atoms with Crippen molar-refractivity contribution < 1.29 is 14.6 Å². The number of nitrogens with zero attached hydrogens (tertiary/aromatic N) is 5. The van der Waals surface area contributed by atoms with Gasteiger partial charge in [-0.05, 0) is 31.4 Å². The number of fused-ring (bicyclic) bond motifs is 1. The van der Waals surface area contributed by atoms with Crippen LogP contribution in [0.1, 0.15) is 25.5 Å². The second-order valence-corrected chi connectivity index (χ2v) is 7.90. The van der Waals surface area contributed by atoms with Crippen molar-refractivity contribution in [2.24, 2.45) is 5.92 Å². The fraction of sp³-hybridized carbons (Fsp3) is 0.435. The number of imidazole rings is 1. The van der Waals surface area contributed by atoms with Gasteiger partial charge in [-0.15, -0.1) is 0 Å². The number of aliphatic hydroxyl groups excluding tert-OH is 1. The molecule has 0 saturated heterocycles. The van der Waals surface area contributed by atoms with E-state index in [0.29, 0.717) is 30.0 Å². The molecule has 1 aliphatic heterocycles. The molecule has 4 rings (SSSR count). The van der Waals surface area contributed by atoms with Gasteiger partial charge in [-0.2, -0.15) is 4.98 Å². The summed E-state index contributed by atoms with van der Waals surface area (Å²) >= 11 is 0. The van der Waals surface area contributed by atoms with Crippen molar-refractivity contribution in [3.05, 3.63) is 42.6 Å². The molecule has 1 unspecified atom stereocenters. The zero-order valence-electron chi connectivity index (χ0n) is 18.8. The van der Waals surface area contributed by atoms with E-state index in [1.807, 2.05) is 35.9 Å². The topological polar surface area (TPSA) is 97.6 Å². The van der Waals surface area contributed by atoms with Gasteiger partial charge in [0.1, 0.15) is 12.4 Å². The van der Waals surface area contributed by atoms with Crippen LogP contribution in [0.2, 0.25) is 0 Å². The lowest BCUT2D eigenvalue weighted by atomic mass is 10.0. The molecule has 0 radical (unpaired) electrons. The lowest BCUT2D eigenvalue weighted by Crippen LogP contribution is -2.37. The maximum Gasteiger partial charge on any atom is 0.229 e. The van der Waals surface area contributed by atoms with E-state index in [0.717, 1.165) is 48.8 Å². The molecule has 0 aliphatic carbocycles. The zero-order valence-corrected chi connectivity index (χ0v) is 18.8. The van der Waals surface area contributed by atoms with Crippen LogP contribution in [0.25, 0.3) is 5.69 Å². The van der Waals surface area contributed by atoms with E-state index in [-0.39, 0.29) is 6.61 Å². The van der Waals surface area contributed by atoms with Gasteiger partial charge in [0.2, 0.25) is 5.95 Å². The lowest BCUT2D eigenvalue weighted by molar-refractivity contribution is 0.249. The van der Waals surface area contributed by atoms with E-state index >= 15 is 0 Å². The molecule has 9 heteroatoms. The number of anilines is 3. The first kappa shape index (κ1) is 21.9. The molecule has 2 N–H and O–H groups in total. The third-order valence-corrected chi connectivity index (χ3v) is 5.67. The van der Waals surface area contributed by atoms with E-state index < -0.39 is 0 Å². The average Bonchev–Trinajstić information content (AvgIpc) is 3.25. The Hall–Kier alpha value is -3.33. The van der Waals surface area contributed by atoms with E-state index in [2.05, 4.69) is 27.1 Å². The maximum absolute atomic E-state index is 9.34. The van der Waals surface area contributed by atoms with Gasteiger partial charge in [0.25, 0.3) is 0 Å². The van der Waals surface area contributed by atoms with E-state index in [1.165, 1.54) is 0 Å². The summed E-state index contributed by atoms with van der Waals surface area (Å²) < 4.78 is 13.3. The molecule has 1 aliphatic rings. The Bertz CT molecular complexity index is 1050. The van der Waals surface area contributed by atoms with Crippen molar-refractivity contribution in [3.63, 3.8) is 0 Å². The zero-order chi connectivity index (χ0) is 22.5. The molecule has 9 nitrogen and oxygen atoms in total. The predicted octanol–water partition coefficient (Wildman–Crippen LogP) is 3.33. The molecular formula is C23H30N6O3. The largest absolute Gasteiger partial charge is 0.494 e. The highest BCUT2D eigenvalue weighted by atomic mass is 16.5. The Morgan fingerprint density at radius 2 is 2.19 bits per heavy atom. The number of hydrogen-bond acceptors (Lipinski definition) is 8. The number of nitrogens with one attached hydrogen (secondary N) is 1. The van der Waals surface area contributed by atoms with Gasteiger partial charge in [0.05, 0.1) is 37.6 Å². The number of hydrogen-bond donors (Lipinski definition) is 2. The molecule has 0 fully saturated rings. The Morgan fingerprint density at radius 3 is 2.91 bits per heavy atom. The molecular weight excluding hydrogens is 408 g/mol. The summed E-state index contributed by atoms with van der Waals surface area (Å²) in [5.41, 5.74) is 2.66. The summed E-state index contributed by atoms with van der Waals surface area (Å²) in [6, 6.07) is 5.84. The SMILES string of the molecule is CCC(CCO)CN1CCOc2cnc(Nc3ccc(-n4cnc(C)c4)c(OC)c3)nc21. The molecule has 1 atom stereocenters. The van der Waals surface area contributed by atoms with Gasteiger partial charge in [-0.3, -0.25) is 0 Å². The quantitative estimate of drug-likeness (QED) is 0.525. The van der Waals surface area contributed by atoms with Crippen LogP contribution in [0.3, 0.4) is 0 Å². The Balaban J connectivity index is 1.56. The molecule has 0 saturated carbocycles. The predicted molar refractivity (Wildman–Crippen MR) is 123 cm³/mol. The molecule has 0 spiro atoms. The minimum absolute atomic E-state index is 0.197. The number of aryl methyl sites for hydroxylation is 1. The third-order valence-electron chi connectivity index (χ3n) is 5.67. The number of benzene rings is 1. The molecule has 3 aromatic rings. The van der Waals surface area contributed by atoms with Gasteiger partial charge in [0, 0.05) is 31.1 Å². The Kier molecular flexibility index (Phi) is 6.75. The first-order valence-electron chi connectivity index (χ1n) is 10.9. The minimum atomic E-state index is 0.197. The fourth-order valence-corrected chi connectivity index (χ4v) is 3.87. The highest BCUT2D eigenvalue weighted by molar-refractivity contribution is 5.64. The van der Waals surface area contributed by atoms with Gasteiger partial charge in [-0.1, -0.05) is 13.3 Å². The molecule has 0 bridgehead atoms. The second kappa shape index (κ2) is 9.86. The number of rotatable bonds is 9. The maximum atomic E-state index is 9.34. The lowest BCUT2D eigenvalue weighted by Gasteiger charge is -2.32. The van der Waals surface area contributed by atoms with Gasteiger partial charge >= 0.3 is 0 Å². The second-order valence-electron chi connectivity index (χ2n) is 7.90. The Morgan fingerprint density at radius 1 is 1.31 bits per heavy atom. The van der Waals surface area contributed by atoms with Crippen molar-refractivity contribution in [1.29, 1.82) is 0 Å². The van der Waals surface area contributed by atoms with E-state index in [4.69, 9.17) is 14.5 Å². The normalized spacial score (nSPS) is 13.9. The summed E-state index contributed by atoms with van der Waals surface area (Å²) in [5.74, 6) is 3.07. The van der Waals surface area contributed by atoms with Crippen LogP contribution >= 0.6 is 0 Å². The molecule has 3 heterocycles. The average molecular weight is 439 g/mol. The minimum Gasteiger partial charge on any atom is -0.494 e. The van der Waals surface area contributed by atoms with Gasteiger partial charge < -0.3 is 29.4 Å². The van der Waals surface area contributed by atoms with Crippen LogP contribution < -0.4 is 19.7 Å². The number of aliphatic hydroxyl groups is 1. The third kappa shape index (κ3) is 4.77. The molecule has 2 aromatic heterocycles. The van der Waals surface area contributed by atoms with Gasteiger partial charge in [-0.25, -0.2) is 9.97 Å². The van der Waals surface area contributed by atoms with Crippen LogP contribution in [-0.2, 0) is 0 Å². The first-order valence-corrected chi connectivity index (χ1v) is 10.9. The molecule has 32 heavy (non-hydrogen) atoms. The molecule has 0 amide bonds. The van der Waals surface area contributed by atoms with Crippen molar-refractivity contribution >= 4 is 17.5 Å². The molecule has 1 aromatic carbocycles. The standard InChI is InChI=1S/C23H30N6O3/c1-4-17(7-9-30)14-28-8-10-32-21-12-24-23(27-22(21)28)26-18-5-6-19(20(11-18)31-3)29-13-16(2)25-15-29/h5-6,11-13,15,17,30H,4,7-10,14H2,1-3H3,(H,24,26,27). The highest BCUT2D eigenvalue weighted by Gasteiger charge is 2.23. The number of aromatic nitrogens is 4. The van der Waals surface area contributed by atoms with Crippen LogP contribution in [0, 0.1) is 12.8 Å². The summed E-state index contributed by atoms with van der Waals surface area (Å²) in [4.78, 5) is 15.7. The highest BCUT2D eigenvalue weighted by Crippen LogP contribution is 2.32. The van der Waals surface area contributed by atoms with E-state index in [9.17, 15) is 5.11 Å². The smallest absolute Gasteiger partial charge is 0.229 e. The summed E-state index contributed by atoms with van der Waals surface area (Å²) in [6.07, 6.45) is 7.21. The van der Waals surface area contributed by atoms with Crippen molar-refractivity contribution in [2.75, 3.05) is 43.6 Å². The number of methoxy groups -OCH3 is 1. The molecule has 170 valence electrons. The monoisotopic (exact) mass is 438 g/mol. The van der Waals surface area contributed by atoms with Crippen LogP contribution in [0.4, 0.5) is 17.5 Å².